The summed E-state index contributed by atoms with van der Waals surface area (Å²) in [6.07, 6.45) is 10.2. The van der Waals surface area contributed by atoms with Crippen LogP contribution in [0.1, 0.15) is 50.5 Å². The highest BCUT2D eigenvalue weighted by atomic mass is 16.2. The molecule has 4 rings (SSSR count). The van der Waals surface area contributed by atoms with Crippen molar-refractivity contribution in [3.05, 3.63) is 36.0 Å². The van der Waals surface area contributed by atoms with Crippen molar-refractivity contribution in [3.8, 4) is 0 Å². The predicted molar refractivity (Wildman–Crippen MR) is 111 cm³/mol. The van der Waals surface area contributed by atoms with Crippen molar-refractivity contribution in [1.82, 2.24) is 14.8 Å². The third-order valence-corrected chi connectivity index (χ3v) is 6.42. The van der Waals surface area contributed by atoms with Crippen molar-refractivity contribution in [2.45, 2.75) is 57.4 Å². The first-order chi connectivity index (χ1) is 13.6. The second kappa shape index (κ2) is 8.38. The van der Waals surface area contributed by atoms with E-state index in [0.717, 1.165) is 48.7 Å². The van der Waals surface area contributed by atoms with Gasteiger partial charge in [0.25, 0.3) is 0 Å². The summed E-state index contributed by atoms with van der Waals surface area (Å²) in [5.41, 5.74) is 2.21. The van der Waals surface area contributed by atoms with Crippen LogP contribution in [0.4, 0.5) is 0 Å². The number of para-hydroxylation sites is 1. The van der Waals surface area contributed by atoms with Gasteiger partial charge in [-0.05, 0) is 37.3 Å². The number of carbonyl (C=O) groups excluding carboxylic acids is 2. The van der Waals surface area contributed by atoms with Gasteiger partial charge in [-0.1, -0.05) is 37.5 Å². The number of piperidine rings is 1. The summed E-state index contributed by atoms with van der Waals surface area (Å²) in [6.45, 7) is 1.32. The molecule has 28 heavy (non-hydrogen) atoms. The van der Waals surface area contributed by atoms with E-state index in [4.69, 9.17) is 0 Å². The number of aromatic nitrogens is 1. The van der Waals surface area contributed by atoms with E-state index in [1.165, 1.54) is 19.3 Å². The molecule has 2 amide bonds. The van der Waals surface area contributed by atoms with Crippen molar-refractivity contribution < 1.29 is 9.59 Å². The number of carbonyl (C=O) groups is 2. The predicted octanol–water partition coefficient (Wildman–Crippen LogP) is 3.41. The van der Waals surface area contributed by atoms with Gasteiger partial charge in [0.15, 0.2) is 0 Å². The number of amides is 2. The third-order valence-electron chi connectivity index (χ3n) is 6.42. The summed E-state index contributed by atoms with van der Waals surface area (Å²) in [5.74, 6) is 0.216. The van der Waals surface area contributed by atoms with Gasteiger partial charge >= 0.3 is 0 Å². The molecule has 0 radical (unpaired) electrons. The molecule has 1 unspecified atom stereocenters. The van der Waals surface area contributed by atoms with Crippen LogP contribution in [0.2, 0.25) is 0 Å². The molecule has 1 saturated heterocycles. The van der Waals surface area contributed by atoms with E-state index in [9.17, 15) is 9.59 Å². The molecule has 5 heteroatoms. The van der Waals surface area contributed by atoms with Crippen molar-refractivity contribution >= 4 is 22.7 Å². The molecule has 0 bridgehead atoms. The van der Waals surface area contributed by atoms with Crippen LogP contribution in [0.5, 0.6) is 0 Å². The molecule has 0 spiro atoms. The lowest BCUT2D eigenvalue weighted by Crippen LogP contribution is -2.48. The molecule has 2 fully saturated rings. The van der Waals surface area contributed by atoms with E-state index in [2.05, 4.69) is 28.2 Å². The SMILES string of the molecule is Cn1cc(CC(=O)N2CCCC(C(=O)NC3CCCCC3)C2)c2ccccc21. The number of nitrogens with one attached hydrogen (secondary N) is 1. The molecule has 5 nitrogen and oxygen atoms in total. The Bertz CT molecular complexity index is 851. The highest BCUT2D eigenvalue weighted by molar-refractivity contribution is 5.89. The fourth-order valence-electron chi connectivity index (χ4n) is 4.82. The van der Waals surface area contributed by atoms with E-state index in [0.29, 0.717) is 19.0 Å². The molecule has 1 saturated carbocycles. The minimum Gasteiger partial charge on any atom is -0.353 e. The smallest absolute Gasteiger partial charge is 0.227 e. The zero-order valence-electron chi connectivity index (χ0n) is 16.8. The zero-order chi connectivity index (χ0) is 19.5. The molecule has 1 N–H and O–H groups in total. The summed E-state index contributed by atoms with van der Waals surface area (Å²) in [7, 11) is 2.02. The Morgan fingerprint density at radius 2 is 1.86 bits per heavy atom. The van der Waals surface area contributed by atoms with Gasteiger partial charge < -0.3 is 14.8 Å². The van der Waals surface area contributed by atoms with Crippen LogP contribution in [0.25, 0.3) is 10.9 Å². The number of likely N-dealkylation sites (tertiary alicyclic amines) is 1. The highest BCUT2D eigenvalue weighted by Crippen LogP contribution is 2.24. The van der Waals surface area contributed by atoms with Crippen LogP contribution in [0.15, 0.2) is 30.5 Å². The fraction of sp³-hybridized carbons (Fsp3) is 0.565. The summed E-state index contributed by atoms with van der Waals surface area (Å²) in [5, 5.41) is 4.39. The maximum atomic E-state index is 13.0. The topological polar surface area (TPSA) is 54.3 Å². The molecular weight excluding hydrogens is 350 g/mol. The monoisotopic (exact) mass is 381 g/mol. The Labute approximate surface area is 167 Å². The van der Waals surface area contributed by atoms with Crippen molar-refractivity contribution in [1.29, 1.82) is 0 Å². The second-order valence-electron chi connectivity index (χ2n) is 8.48. The minimum absolute atomic E-state index is 0.0628. The van der Waals surface area contributed by atoms with E-state index < -0.39 is 0 Å². The number of rotatable bonds is 4. The summed E-state index contributed by atoms with van der Waals surface area (Å²) in [6, 6.07) is 8.53. The lowest BCUT2D eigenvalue weighted by Gasteiger charge is -2.33. The Balaban J connectivity index is 1.38. The lowest BCUT2D eigenvalue weighted by molar-refractivity contribution is -0.135. The van der Waals surface area contributed by atoms with Crippen LogP contribution in [-0.2, 0) is 23.1 Å². The lowest BCUT2D eigenvalue weighted by atomic mass is 9.93. The van der Waals surface area contributed by atoms with Crippen molar-refractivity contribution in [3.63, 3.8) is 0 Å². The molecule has 2 heterocycles. The molecular formula is C23H31N3O2. The van der Waals surface area contributed by atoms with Crippen LogP contribution >= 0.6 is 0 Å². The van der Waals surface area contributed by atoms with Gasteiger partial charge in [-0.25, -0.2) is 0 Å². The first kappa shape index (κ1) is 19.0. The molecule has 2 aliphatic rings. The van der Waals surface area contributed by atoms with Crippen LogP contribution in [0, 0.1) is 5.92 Å². The first-order valence-corrected chi connectivity index (χ1v) is 10.7. The number of aryl methyl sites for hydroxylation is 1. The Morgan fingerprint density at radius 3 is 2.68 bits per heavy atom. The number of benzene rings is 1. The van der Waals surface area contributed by atoms with E-state index in [-0.39, 0.29) is 17.7 Å². The van der Waals surface area contributed by atoms with Gasteiger partial charge in [0.2, 0.25) is 11.8 Å². The van der Waals surface area contributed by atoms with Crippen LogP contribution in [-0.4, -0.2) is 40.4 Å². The largest absolute Gasteiger partial charge is 0.353 e. The maximum absolute atomic E-state index is 13.0. The van der Waals surface area contributed by atoms with Gasteiger partial charge in [-0.15, -0.1) is 0 Å². The normalized spacial score (nSPS) is 21.0. The van der Waals surface area contributed by atoms with Crippen LogP contribution in [0.3, 0.4) is 0 Å². The molecule has 2 aromatic rings. The van der Waals surface area contributed by atoms with Crippen LogP contribution < -0.4 is 5.32 Å². The van der Waals surface area contributed by atoms with Gasteiger partial charge in [0.1, 0.15) is 0 Å². The zero-order valence-corrected chi connectivity index (χ0v) is 16.8. The van der Waals surface area contributed by atoms with Gasteiger partial charge in [-0.2, -0.15) is 0 Å². The fourth-order valence-corrected chi connectivity index (χ4v) is 4.82. The third kappa shape index (κ3) is 4.08. The first-order valence-electron chi connectivity index (χ1n) is 10.7. The van der Waals surface area contributed by atoms with E-state index in [1.54, 1.807) is 0 Å². The quantitative estimate of drug-likeness (QED) is 0.882. The average molecular weight is 382 g/mol. The molecule has 1 aromatic heterocycles. The number of hydrogen-bond donors (Lipinski definition) is 1. The Hall–Kier alpha value is -2.30. The molecule has 150 valence electrons. The Kier molecular flexibility index (Phi) is 5.69. The molecule has 1 aliphatic heterocycles. The molecule has 1 aliphatic carbocycles. The van der Waals surface area contributed by atoms with E-state index in [1.807, 2.05) is 24.1 Å². The Morgan fingerprint density at radius 1 is 1.07 bits per heavy atom. The van der Waals surface area contributed by atoms with Crippen molar-refractivity contribution in [2.75, 3.05) is 13.1 Å². The number of fused-ring (bicyclic) bond motifs is 1. The molecule has 1 aromatic carbocycles. The number of nitrogens with zero attached hydrogens (tertiary/aromatic N) is 2. The summed E-state index contributed by atoms with van der Waals surface area (Å²) in [4.78, 5) is 27.6. The molecule has 1 atom stereocenters. The van der Waals surface area contributed by atoms with Gasteiger partial charge in [-0.3, -0.25) is 9.59 Å². The minimum atomic E-state index is -0.0628. The van der Waals surface area contributed by atoms with Gasteiger partial charge in [0.05, 0.1) is 12.3 Å². The second-order valence-corrected chi connectivity index (χ2v) is 8.48. The van der Waals surface area contributed by atoms with Crippen molar-refractivity contribution in [2.24, 2.45) is 13.0 Å². The average Bonchev–Trinajstić information content (AvgIpc) is 3.04. The highest BCUT2D eigenvalue weighted by Gasteiger charge is 2.30. The summed E-state index contributed by atoms with van der Waals surface area (Å²) >= 11 is 0. The van der Waals surface area contributed by atoms with Gasteiger partial charge in [0, 0.05) is 43.3 Å². The number of hydrogen-bond acceptors (Lipinski definition) is 2. The standard InChI is InChI=1S/C23H31N3O2/c1-25-15-18(20-11-5-6-12-21(20)25)14-22(27)26-13-7-8-17(16-26)23(28)24-19-9-3-2-4-10-19/h5-6,11-12,15,17,19H,2-4,7-10,13-14,16H2,1H3,(H,24,28). The maximum Gasteiger partial charge on any atom is 0.227 e. The summed E-state index contributed by atoms with van der Waals surface area (Å²) < 4.78 is 2.08. The van der Waals surface area contributed by atoms with E-state index >= 15 is 0 Å².